The van der Waals surface area contributed by atoms with Gasteiger partial charge in [-0.05, 0) is 54.3 Å². The number of allylic oxidation sites excluding steroid dienone is 2. The molecular formula is C23H25F2N3O3. The highest BCUT2D eigenvalue weighted by atomic mass is 19.3. The Hall–Kier alpha value is -3.16. The van der Waals surface area contributed by atoms with Gasteiger partial charge in [0.05, 0.1) is 25.5 Å². The molecule has 3 aliphatic heterocycles. The fourth-order valence-corrected chi connectivity index (χ4v) is 3.62. The third-order valence-corrected chi connectivity index (χ3v) is 5.54. The van der Waals surface area contributed by atoms with E-state index in [1.165, 1.54) is 6.92 Å². The first-order valence-corrected chi connectivity index (χ1v) is 10.3. The molecule has 1 aromatic carbocycles. The Morgan fingerprint density at radius 2 is 2.26 bits per heavy atom. The van der Waals surface area contributed by atoms with Gasteiger partial charge in [-0.1, -0.05) is 13.5 Å². The van der Waals surface area contributed by atoms with Crippen molar-refractivity contribution in [2.24, 2.45) is 11.0 Å². The molecule has 31 heavy (non-hydrogen) atoms. The molecule has 1 N–H and O–H groups in total. The molecule has 6 nitrogen and oxygen atoms in total. The van der Waals surface area contributed by atoms with Gasteiger partial charge in [0, 0.05) is 17.5 Å². The lowest BCUT2D eigenvalue weighted by atomic mass is 10.0. The van der Waals surface area contributed by atoms with Gasteiger partial charge in [0.1, 0.15) is 5.75 Å². The Kier molecular flexibility index (Phi) is 6.06. The maximum atomic E-state index is 12.8. The molecule has 3 aliphatic rings. The summed E-state index contributed by atoms with van der Waals surface area (Å²) in [6.45, 7) is 6.33. The number of ketones is 1. The van der Waals surface area contributed by atoms with Crippen molar-refractivity contribution in [1.82, 2.24) is 10.3 Å². The number of nitrogens with zero attached hydrogens (tertiary/aromatic N) is 2. The molecule has 0 aliphatic carbocycles. The summed E-state index contributed by atoms with van der Waals surface area (Å²) in [7, 11) is 0. The molecule has 0 spiro atoms. The van der Waals surface area contributed by atoms with Crippen molar-refractivity contribution in [3.63, 3.8) is 0 Å². The SMILES string of the molecule is C=C1C=C(CC2=NNC(C(C)C(F)F)O2)C=CN1CC(=O)c1ccc2c(c1)CCCO2. The van der Waals surface area contributed by atoms with Gasteiger partial charge < -0.3 is 14.4 Å². The summed E-state index contributed by atoms with van der Waals surface area (Å²) in [6, 6.07) is 5.57. The van der Waals surface area contributed by atoms with Gasteiger partial charge >= 0.3 is 0 Å². The van der Waals surface area contributed by atoms with Gasteiger partial charge in [-0.3, -0.25) is 10.2 Å². The lowest BCUT2D eigenvalue weighted by molar-refractivity contribution is 0.00453. The van der Waals surface area contributed by atoms with E-state index >= 15 is 0 Å². The minimum Gasteiger partial charge on any atom is -0.493 e. The summed E-state index contributed by atoms with van der Waals surface area (Å²) in [4.78, 5) is 14.5. The van der Waals surface area contributed by atoms with Crippen molar-refractivity contribution in [1.29, 1.82) is 0 Å². The number of hydrazone groups is 1. The number of rotatable bonds is 7. The van der Waals surface area contributed by atoms with Crippen LogP contribution < -0.4 is 10.2 Å². The highest BCUT2D eigenvalue weighted by Gasteiger charge is 2.31. The van der Waals surface area contributed by atoms with E-state index in [4.69, 9.17) is 9.47 Å². The van der Waals surface area contributed by atoms with Crippen molar-refractivity contribution in [2.75, 3.05) is 13.2 Å². The second-order valence-corrected chi connectivity index (χ2v) is 7.90. The molecule has 0 saturated carbocycles. The van der Waals surface area contributed by atoms with Gasteiger partial charge in [-0.25, -0.2) is 8.78 Å². The van der Waals surface area contributed by atoms with Gasteiger partial charge in [0.25, 0.3) is 0 Å². The van der Waals surface area contributed by atoms with E-state index in [-0.39, 0.29) is 12.3 Å². The minimum absolute atomic E-state index is 0.00690. The highest BCUT2D eigenvalue weighted by Crippen LogP contribution is 2.27. The summed E-state index contributed by atoms with van der Waals surface area (Å²) >= 11 is 0. The normalized spacial score (nSPS) is 21.0. The van der Waals surface area contributed by atoms with Crippen LogP contribution in [0.4, 0.5) is 8.78 Å². The van der Waals surface area contributed by atoms with Gasteiger partial charge in [0.2, 0.25) is 12.3 Å². The Bertz CT molecular complexity index is 971. The number of halogens is 2. The van der Waals surface area contributed by atoms with Crippen LogP contribution in [0.2, 0.25) is 0 Å². The predicted octanol–water partition coefficient (Wildman–Crippen LogP) is 4.01. The molecule has 0 bridgehead atoms. The Balaban J connectivity index is 1.33. The second kappa shape index (κ2) is 8.91. The average Bonchev–Trinajstić information content (AvgIpc) is 3.23. The third kappa shape index (κ3) is 4.78. The predicted molar refractivity (Wildman–Crippen MR) is 113 cm³/mol. The van der Waals surface area contributed by atoms with E-state index in [0.29, 0.717) is 30.2 Å². The maximum Gasteiger partial charge on any atom is 0.246 e. The second-order valence-electron chi connectivity index (χ2n) is 7.90. The summed E-state index contributed by atoms with van der Waals surface area (Å²) in [5.74, 6) is 0.229. The zero-order valence-electron chi connectivity index (χ0n) is 17.3. The van der Waals surface area contributed by atoms with Crippen LogP contribution in [-0.2, 0) is 11.2 Å². The quantitative estimate of drug-likeness (QED) is 0.664. The number of benzene rings is 1. The van der Waals surface area contributed by atoms with E-state index in [0.717, 1.165) is 29.7 Å². The smallest absolute Gasteiger partial charge is 0.246 e. The first kappa shape index (κ1) is 21.1. The number of carbonyl (C=O) groups excluding carboxylic acids is 1. The number of aryl methyl sites for hydroxylation is 1. The fraction of sp³-hybridized carbons (Fsp3) is 0.391. The maximum absolute atomic E-state index is 12.8. The number of Topliss-reactive ketones (excluding diaryl/α,β-unsaturated/α-hetero) is 1. The van der Waals surface area contributed by atoms with Gasteiger partial charge in [-0.15, -0.1) is 5.10 Å². The van der Waals surface area contributed by atoms with Gasteiger partial charge in [-0.2, -0.15) is 0 Å². The summed E-state index contributed by atoms with van der Waals surface area (Å²) in [5.41, 5.74) is 5.86. The first-order valence-electron chi connectivity index (χ1n) is 10.3. The van der Waals surface area contributed by atoms with Crippen LogP contribution in [0.5, 0.6) is 5.75 Å². The molecule has 2 unspecified atom stereocenters. The largest absolute Gasteiger partial charge is 0.493 e. The molecule has 0 aromatic heterocycles. The molecule has 4 rings (SSSR count). The van der Waals surface area contributed by atoms with E-state index in [1.54, 1.807) is 17.2 Å². The van der Waals surface area contributed by atoms with Crippen molar-refractivity contribution >= 4 is 11.7 Å². The lowest BCUT2D eigenvalue weighted by Crippen LogP contribution is -2.33. The Morgan fingerprint density at radius 1 is 1.42 bits per heavy atom. The van der Waals surface area contributed by atoms with Crippen LogP contribution in [0.1, 0.15) is 35.7 Å². The topological polar surface area (TPSA) is 63.2 Å². The number of nitrogens with one attached hydrogen (secondary N) is 1. The molecule has 8 heteroatoms. The molecule has 1 aromatic rings. The van der Waals surface area contributed by atoms with Crippen LogP contribution >= 0.6 is 0 Å². The van der Waals surface area contributed by atoms with Crippen LogP contribution in [0.3, 0.4) is 0 Å². The number of hydrogen-bond acceptors (Lipinski definition) is 6. The number of ether oxygens (including phenoxy) is 2. The number of carbonyl (C=O) groups is 1. The Labute approximate surface area is 179 Å². The molecular weight excluding hydrogens is 404 g/mol. The highest BCUT2D eigenvalue weighted by molar-refractivity contribution is 5.98. The number of hydrogen-bond donors (Lipinski definition) is 1. The molecule has 164 valence electrons. The van der Waals surface area contributed by atoms with Crippen molar-refractivity contribution < 1.29 is 23.0 Å². The van der Waals surface area contributed by atoms with Crippen LogP contribution in [0.15, 0.2) is 59.5 Å². The van der Waals surface area contributed by atoms with Crippen LogP contribution in [0.25, 0.3) is 0 Å². The van der Waals surface area contributed by atoms with E-state index < -0.39 is 18.6 Å². The minimum atomic E-state index is -2.49. The average molecular weight is 429 g/mol. The molecule has 3 heterocycles. The van der Waals surface area contributed by atoms with Crippen LogP contribution in [-0.4, -0.2) is 42.4 Å². The van der Waals surface area contributed by atoms with E-state index in [2.05, 4.69) is 17.1 Å². The first-order chi connectivity index (χ1) is 14.9. The lowest BCUT2D eigenvalue weighted by Gasteiger charge is -2.24. The Morgan fingerprint density at radius 3 is 3.03 bits per heavy atom. The molecule has 0 saturated heterocycles. The molecule has 0 fully saturated rings. The van der Waals surface area contributed by atoms with Crippen molar-refractivity contribution in [2.45, 2.75) is 38.8 Å². The van der Waals surface area contributed by atoms with Crippen molar-refractivity contribution in [3.05, 3.63) is 65.5 Å². The molecule has 0 radical (unpaired) electrons. The van der Waals surface area contributed by atoms with E-state index in [1.807, 2.05) is 24.3 Å². The van der Waals surface area contributed by atoms with E-state index in [9.17, 15) is 13.6 Å². The standard InChI is InChI=1S/C23H25F2N3O3/c1-14-10-16(11-21-26-27-23(31-21)15(2)22(24)25)7-8-28(14)13-19(29)17-5-6-20-18(12-17)4-3-9-30-20/h5-8,10,12,15,22-23,27H,1,3-4,9,11,13H2,2H3. The summed E-state index contributed by atoms with van der Waals surface area (Å²) in [6.07, 6.45) is 4.37. The fourth-order valence-electron chi connectivity index (χ4n) is 3.62. The summed E-state index contributed by atoms with van der Waals surface area (Å²) in [5, 5.41) is 4.01. The molecule has 0 amide bonds. The zero-order valence-corrected chi connectivity index (χ0v) is 17.3. The monoisotopic (exact) mass is 429 g/mol. The summed E-state index contributed by atoms with van der Waals surface area (Å²) < 4.78 is 36.8. The van der Waals surface area contributed by atoms with Crippen molar-refractivity contribution in [3.8, 4) is 5.75 Å². The third-order valence-electron chi connectivity index (χ3n) is 5.54. The number of fused-ring (bicyclic) bond motifs is 1. The van der Waals surface area contributed by atoms with Crippen LogP contribution in [0, 0.1) is 5.92 Å². The zero-order chi connectivity index (χ0) is 22.0. The molecule has 2 atom stereocenters. The number of alkyl halides is 2. The van der Waals surface area contributed by atoms with Gasteiger partial charge in [0.15, 0.2) is 12.0 Å².